The fourth-order valence-electron chi connectivity index (χ4n) is 1.08. The average molecular weight is 244 g/mol. The van der Waals surface area contributed by atoms with Gasteiger partial charge < -0.3 is 0 Å². The number of hydroxylamine groups is 1. The first-order chi connectivity index (χ1) is 8.40. The molecule has 0 saturated heterocycles. The van der Waals surface area contributed by atoms with Crippen molar-refractivity contribution in [3.63, 3.8) is 0 Å². The molecule has 0 bridgehead atoms. The van der Waals surface area contributed by atoms with Crippen molar-refractivity contribution in [2.75, 3.05) is 0 Å². The van der Waals surface area contributed by atoms with Crippen molar-refractivity contribution in [3.05, 3.63) is 41.5 Å². The lowest BCUT2D eigenvalue weighted by Crippen LogP contribution is -2.32. The largest absolute Gasteiger partial charge is 0.268 e. The molecule has 0 aliphatic carbocycles. The quantitative estimate of drug-likeness (QED) is 0.656. The van der Waals surface area contributed by atoms with Gasteiger partial charge in [0, 0.05) is 6.08 Å². The van der Waals surface area contributed by atoms with E-state index in [0.29, 0.717) is 5.56 Å². The summed E-state index contributed by atoms with van der Waals surface area (Å²) in [4.78, 5) is 16.5. The first kappa shape index (κ1) is 13.9. The topological polar surface area (TPSA) is 62.1 Å². The minimum absolute atomic E-state index is 0.325. The normalized spacial score (nSPS) is 11.2. The van der Waals surface area contributed by atoms with E-state index >= 15 is 0 Å². The summed E-state index contributed by atoms with van der Waals surface area (Å²) < 4.78 is 0. The summed E-state index contributed by atoms with van der Waals surface area (Å²) in [5.74, 6) is -0.325. The van der Waals surface area contributed by atoms with Crippen LogP contribution in [0.4, 0.5) is 0 Å². The molecule has 4 nitrogen and oxygen atoms in total. The second-order valence-electron chi connectivity index (χ2n) is 4.75. The molecule has 0 aliphatic rings. The molecule has 18 heavy (non-hydrogen) atoms. The van der Waals surface area contributed by atoms with E-state index in [1.165, 1.54) is 6.08 Å². The van der Waals surface area contributed by atoms with Crippen LogP contribution in [0.2, 0.25) is 0 Å². The third-order valence-electron chi connectivity index (χ3n) is 1.92. The molecule has 94 valence electrons. The van der Waals surface area contributed by atoms with Crippen molar-refractivity contribution in [2.45, 2.75) is 26.4 Å². The predicted octanol–water partition coefficient (Wildman–Crippen LogP) is 2.42. The van der Waals surface area contributed by atoms with Gasteiger partial charge in [-0.3, -0.25) is 9.63 Å². The maximum atomic E-state index is 11.4. The molecule has 0 spiro atoms. The summed E-state index contributed by atoms with van der Waals surface area (Å²) in [7, 11) is 0. The van der Waals surface area contributed by atoms with Crippen molar-refractivity contribution < 1.29 is 9.63 Å². The molecule has 4 heteroatoms. The number of rotatable bonds is 3. The molecule has 0 aromatic heterocycles. The predicted molar refractivity (Wildman–Crippen MR) is 69.2 cm³/mol. The van der Waals surface area contributed by atoms with Crippen molar-refractivity contribution in [1.82, 2.24) is 5.48 Å². The highest BCUT2D eigenvalue weighted by atomic mass is 16.7. The molecule has 0 heterocycles. The Labute approximate surface area is 107 Å². The van der Waals surface area contributed by atoms with Crippen LogP contribution < -0.4 is 5.48 Å². The van der Waals surface area contributed by atoms with Crippen molar-refractivity contribution in [1.29, 1.82) is 5.26 Å². The number of hydrogen-bond acceptors (Lipinski definition) is 3. The highest BCUT2D eigenvalue weighted by Crippen LogP contribution is 2.06. The van der Waals surface area contributed by atoms with E-state index in [0.717, 1.165) is 5.56 Å². The van der Waals surface area contributed by atoms with Gasteiger partial charge in [0.05, 0.1) is 17.2 Å². The lowest BCUT2D eigenvalue weighted by molar-refractivity contribution is -0.140. The van der Waals surface area contributed by atoms with E-state index < -0.39 is 5.60 Å². The maximum absolute atomic E-state index is 11.4. The van der Waals surface area contributed by atoms with Crippen LogP contribution in [-0.2, 0) is 9.63 Å². The molecule has 1 aromatic carbocycles. The van der Waals surface area contributed by atoms with Crippen LogP contribution in [-0.4, -0.2) is 11.5 Å². The number of amides is 1. The molecule has 0 atom stereocenters. The minimum Gasteiger partial charge on any atom is -0.268 e. The monoisotopic (exact) mass is 244 g/mol. The zero-order chi connectivity index (χ0) is 13.6. The highest BCUT2D eigenvalue weighted by Gasteiger charge is 2.11. The molecule has 0 saturated carbocycles. The Hall–Kier alpha value is -2.12. The Morgan fingerprint density at radius 1 is 1.33 bits per heavy atom. The number of carbonyl (C=O) groups excluding carboxylic acids is 1. The second-order valence-corrected chi connectivity index (χ2v) is 4.75. The van der Waals surface area contributed by atoms with Gasteiger partial charge in [0.15, 0.2) is 0 Å². The van der Waals surface area contributed by atoms with Gasteiger partial charge in [-0.2, -0.15) is 5.26 Å². The highest BCUT2D eigenvalue weighted by molar-refractivity contribution is 5.90. The molecular formula is C14H16N2O2. The van der Waals surface area contributed by atoms with Crippen LogP contribution in [0.25, 0.3) is 6.08 Å². The molecule has 1 amide bonds. The van der Waals surface area contributed by atoms with Crippen LogP contribution >= 0.6 is 0 Å². The van der Waals surface area contributed by atoms with Crippen LogP contribution in [0.3, 0.4) is 0 Å². The number of benzene rings is 1. The molecule has 0 aliphatic heterocycles. The Kier molecular flexibility index (Phi) is 4.64. The SMILES string of the molecule is CC(C)(C)ONC(=O)/C=C/c1ccc(C#N)cc1. The first-order valence-corrected chi connectivity index (χ1v) is 5.57. The molecule has 0 fully saturated rings. The molecule has 1 rings (SSSR count). The number of nitriles is 1. The minimum atomic E-state index is -0.419. The van der Waals surface area contributed by atoms with Crippen LogP contribution in [0, 0.1) is 11.3 Å². The maximum Gasteiger partial charge on any atom is 0.267 e. The summed E-state index contributed by atoms with van der Waals surface area (Å²) in [6, 6.07) is 8.97. The lowest BCUT2D eigenvalue weighted by atomic mass is 10.1. The van der Waals surface area contributed by atoms with E-state index in [-0.39, 0.29) is 5.91 Å². The van der Waals surface area contributed by atoms with E-state index in [1.54, 1.807) is 30.3 Å². The summed E-state index contributed by atoms with van der Waals surface area (Å²) in [6.45, 7) is 5.53. The smallest absolute Gasteiger partial charge is 0.267 e. The zero-order valence-electron chi connectivity index (χ0n) is 10.7. The van der Waals surface area contributed by atoms with Crippen molar-refractivity contribution in [3.8, 4) is 6.07 Å². The summed E-state index contributed by atoms with van der Waals surface area (Å²) in [5, 5.41) is 8.64. The van der Waals surface area contributed by atoms with E-state index in [2.05, 4.69) is 5.48 Å². The van der Waals surface area contributed by atoms with Gasteiger partial charge in [-0.15, -0.1) is 0 Å². The van der Waals surface area contributed by atoms with Gasteiger partial charge >= 0.3 is 0 Å². The number of hydrogen-bond donors (Lipinski definition) is 1. The summed E-state index contributed by atoms with van der Waals surface area (Å²) in [6.07, 6.45) is 3.04. The Morgan fingerprint density at radius 3 is 2.44 bits per heavy atom. The van der Waals surface area contributed by atoms with E-state index in [9.17, 15) is 4.79 Å². The van der Waals surface area contributed by atoms with E-state index in [4.69, 9.17) is 10.1 Å². The fourth-order valence-corrected chi connectivity index (χ4v) is 1.08. The van der Waals surface area contributed by atoms with Crippen LogP contribution in [0.5, 0.6) is 0 Å². The first-order valence-electron chi connectivity index (χ1n) is 5.57. The van der Waals surface area contributed by atoms with Crippen molar-refractivity contribution >= 4 is 12.0 Å². The zero-order valence-corrected chi connectivity index (χ0v) is 10.7. The van der Waals surface area contributed by atoms with Gasteiger partial charge in [0.25, 0.3) is 5.91 Å². The Bertz CT molecular complexity index is 476. The van der Waals surface area contributed by atoms with Crippen LogP contribution in [0.15, 0.2) is 30.3 Å². The van der Waals surface area contributed by atoms with Crippen molar-refractivity contribution in [2.24, 2.45) is 0 Å². The van der Waals surface area contributed by atoms with E-state index in [1.807, 2.05) is 26.8 Å². The van der Waals surface area contributed by atoms with Gasteiger partial charge in [-0.25, -0.2) is 5.48 Å². The standard InChI is InChI=1S/C14H16N2O2/c1-14(2,3)18-16-13(17)9-8-11-4-6-12(10-15)7-5-11/h4-9H,1-3H3,(H,16,17)/b9-8+. The number of nitrogens with one attached hydrogen (secondary N) is 1. The molecule has 0 radical (unpaired) electrons. The van der Waals surface area contributed by atoms with Gasteiger partial charge in [0.2, 0.25) is 0 Å². The third kappa shape index (κ3) is 5.28. The molecule has 0 unspecified atom stereocenters. The Morgan fingerprint density at radius 2 is 1.94 bits per heavy atom. The van der Waals surface area contributed by atoms with Gasteiger partial charge in [-0.1, -0.05) is 12.1 Å². The average Bonchev–Trinajstić information content (AvgIpc) is 2.33. The Balaban J connectivity index is 2.53. The van der Waals surface area contributed by atoms with Gasteiger partial charge in [-0.05, 0) is 44.5 Å². The van der Waals surface area contributed by atoms with Gasteiger partial charge in [0.1, 0.15) is 0 Å². The second kappa shape index (κ2) is 5.99. The summed E-state index contributed by atoms with van der Waals surface area (Å²) >= 11 is 0. The molecule has 1 aromatic rings. The molecular weight excluding hydrogens is 228 g/mol. The third-order valence-corrected chi connectivity index (χ3v) is 1.92. The molecule has 1 N–H and O–H groups in total. The lowest BCUT2D eigenvalue weighted by Gasteiger charge is -2.17. The number of nitrogens with zero attached hydrogens (tertiary/aromatic N) is 1. The fraction of sp³-hybridized carbons (Fsp3) is 0.286. The van der Waals surface area contributed by atoms with Crippen LogP contribution in [0.1, 0.15) is 31.9 Å². The number of carbonyl (C=O) groups is 1. The summed E-state index contributed by atoms with van der Waals surface area (Å²) in [5.41, 5.74) is 3.36.